The Hall–Kier alpha value is -0.630. The third-order valence-corrected chi connectivity index (χ3v) is 3.26. The molecule has 0 fully saturated rings. The largest absolute Gasteiger partial charge is 0.382 e. The van der Waals surface area contributed by atoms with E-state index in [4.69, 9.17) is 0 Å². The van der Waals surface area contributed by atoms with Crippen LogP contribution in [-0.2, 0) is 4.79 Å². The van der Waals surface area contributed by atoms with Gasteiger partial charge in [0.05, 0.1) is 0 Å². The van der Waals surface area contributed by atoms with Gasteiger partial charge in [-0.25, -0.2) is 0 Å². The first-order valence-electron chi connectivity index (χ1n) is 6.04. The van der Waals surface area contributed by atoms with E-state index >= 15 is 0 Å². The zero-order valence-electron chi connectivity index (χ0n) is 9.88. The number of carbonyl (C=O) groups is 1. The fraction of sp³-hybridized carbons (Fsp3) is 0.769. The third-order valence-electron chi connectivity index (χ3n) is 3.26. The van der Waals surface area contributed by atoms with Crippen LogP contribution in [0.15, 0.2) is 11.6 Å². The molecule has 86 valence electrons. The molecule has 1 aliphatic rings. The molecule has 0 bridgehead atoms. The Morgan fingerprint density at radius 1 is 1.40 bits per heavy atom. The molecule has 1 rings (SSSR count). The summed E-state index contributed by atoms with van der Waals surface area (Å²) in [5.41, 5.74) is -0.313. The highest BCUT2D eigenvalue weighted by Crippen LogP contribution is 2.23. The quantitative estimate of drug-likeness (QED) is 0.777. The van der Waals surface area contributed by atoms with Crippen molar-refractivity contribution in [3.8, 4) is 0 Å². The van der Waals surface area contributed by atoms with Gasteiger partial charge in [0, 0.05) is 0 Å². The molecule has 1 atom stereocenters. The Labute approximate surface area is 92.4 Å². The lowest BCUT2D eigenvalue weighted by Crippen LogP contribution is -2.35. The second-order valence-corrected chi connectivity index (χ2v) is 4.64. The van der Waals surface area contributed by atoms with Crippen molar-refractivity contribution in [1.29, 1.82) is 0 Å². The predicted molar refractivity (Wildman–Crippen MR) is 61.7 cm³/mol. The van der Waals surface area contributed by atoms with Gasteiger partial charge >= 0.3 is 0 Å². The summed E-state index contributed by atoms with van der Waals surface area (Å²) < 4.78 is 0. The van der Waals surface area contributed by atoms with Gasteiger partial charge < -0.3 is 5.11 Å². The van der Waals surface area contributed by atoms with Crippen LogP contribution >= 0.6 is 0 Å². The van der Waals surface area contributed by atoms with Gasteiger partial charge in [0.25, 0.3) is 0 Å². The number of Topliss-reactive ketones (excluding diaryl/α,β-unsaturated/α-hetero) is 1. The first-order chi connectivity index (χ1) is 7.08. The summed E-state index contributed by atoms with van der Waals surface area (Å²) in [5, 5.41) is 9.92. The maximum Gasteiger partial charge on any atom is 0.189 e. The van der Waals surface area contributed by atoms with E-state index < -0.39 is 5.60 Å². The number of hydrogen-bond acceptors (Lipinski definition) is 2. The van der Waals surface area contributed by atoms with E-state index in [0.717, 1.165) is 24.8 Å². The maximum atomic E-state index is 12.0. The highest BCUT2D eigenvalue weighted by molar-refractivity contribution is 6.01. The summed E-state index contributed by atoms with van der Waals surface area (Å²) in [5.74, 6) is -0.0631. The van der Waals surface area contributed by atoms with E-state index in [9.17, 15) is 9.90 Å². The molecule has 0 saturated carbocycles. The SMILES string of the molecule is CCC(C)(O)C(=O)C1=CCCCCCC1. The number of carbonyl (C=O) groups excluding carboxylic acids is 1. The summed E-state index contributed by atoms with van der Waals surface area (Å²) in [7, 11) is 0. The summed E-state index contributed by atoms with van der Waals surface area (Å²) in [4.78, 5) is 12.0. The lowest BCUT2D eigenvalue weighted by atomic mass is 9.87. The molecule has 0 aromatic heterocycles. The monoisotopic (exact) mass is 210 g/mol. The van der Waals surface area contributed by atoms with E-state index in [1.807, 2.05) is 13.0 Å². The number of ketones is 1. The average Bonchev–Trinajstić information content (AvgIpc) is 2.16. The molecule has 0 amide bonds. The van der Waals surface area contributed by atoms with Crippen molar-refractivity contribution in [2.75, 3.05) is 0 Å². The van der Waals surface area contributed by atoms with Gasteiger partial charge in [-0.15, -0.1) is 0 Å². The van der Waals surface area contributed by atoms with Crippen LogP contribution in [0.1, 0.15) is 58.8 Å². The number of aliphatic hydroxyl groups is 1. The van der Waals surface area contributed by atoms with Crippen LogP contribution in [0.4, 0.5) is 0 Å². The van der Waals surface area contributed by atoms with Crippen LogP contribution in [0.3, 0.4) is 0 Å². The van der Waals surface area contributed by atoms with Crippen molar-refractivity contribution in [3.63, 3.8) is 0 Å². The molecule has 0 aliphatic heterocycles. The minimum atomic E-state index is -1.16. The van der Waals surface area contributed by atoms with E-state index in [1.165, 1.54) is 19.3 Å². The van der Waals surface area contributed by atoms with E-state index in [1.54, 1.807) is 6.92 Å². The van der Waals surface area contributed by atoms with Crippen LogP contribution in [0.25, 0.3) is 0 Å². The van der Waals surface area contributed by atoms with Gasteiger partial charge in [0.15, 0.2) is 5.78 Å². The van der Waals surface area contributed by atoms with Crippen LogP contribution < -0.4 is 0 Å². The van der Waals surface area contributed by atoms with Crippen molar-refractivity contribution in [2.24, 2.45) is 0 Å². The van der Waals surface area contributed by atoms with E-state index in [-0.39, 0.29) is 5.78 Å². The zero-order valence-corrected chi connectivity index (χ0v) is 9.88. The first kappa shape index (κ1) is 12.4. The van der Waals surface area contributed by atoms with E-state index in [0.29, 0.717) is 6.42 Å². The molecule has 0 spiro atoms. The molecule has 2 heteroatoms. The molecule has 1 N–H and O–H groups in total. The lowest BCUT2D eigenvalue weighted by Gasteiger charge is -2.22. The van der Waals surface area contributed by atoms with Crippen LogP contribution in [0.2, 0.25) is 0 Å². The number of rotatable bonds is 3. The van der Waals surface area contributed by atoms with Crippen molar-refractivity contribution < 1.29 is 9.90 Å². The Morgan fingerprint density at radius 2 is 2.07 bits per heavy atom. The molecule has 0 aromatic rings. The average molecular weight is 210 g/mol. The molecule has 1 aliphatic carbocycles. The fourth-order valence-electron chi connectivity index (χ4n) is 1.90. The number of allylic oxidation sites excluding steroid dienone is 1. The molecule has 0 heterocycles. The van der Waals surface area contributed by atoms with Gasteiger partial charge in [0.2, 0.25) is 0 Å². The third kappa shape index (κ3) is 3.45. The predicted octanol–water partition coefficient (Wildman–Crippen LogP) is 3.00. The first-order valence-corrected chi connectivity index (χ1v) is 6.04. The summed E-state index contributed by atoms with van der Waals surface area (Å²) in [6, 6.07) is 0. The van der Waals surface area contributed by atoms with Gasteiger partial charge in [-0.3, -0.25) is 4.79 Å². The van der Waals surface area contributed by atoms with Crippen LogP contribution in [0.5, 0.6) is 0 Å². The highest BCUT2D eigenvalue weighted by atomic mass is 16.3. The molecule has 15 heavy (non-hydrogen) atoms. The van der Waals surface area contributed by atoms with Gasteiger partial charge in [-0.05, 0) is 44.6 Å². The molecular formula is C13H22O2. The van der Waals surface area contributed by atoms with Gasteiger partial charge in [-0.2, -0.15) is 0 Å². The van der Waals surface area contributed by atoms with Crippen molar-refractivity contribution in [3.05, 3.63) is 11.6 Å². The normalized spacial score (nSPS) is 22.2. The number of hydrogen-bond donors (Lipinski definition) is 1. The minimum Gasteiger partial charge on any atom is -0.382 e. The second kappa shape index (κ2) is 5.45. The molecule has 0 saturated heterocycles. The summed E-state index contributed by atoms with van der Waals surface area (Å²) in [6.45, 7) is 3.47. The van der Waals surface area contributed by atoms with Crippen molar-refractivity contribution >= 4 is 5.78 Å². The summed E-state index contributed by atoms with van der Waals surface area (Å²) in [6.07, 6.45) is 9.08. The highest BCUT2D eigenvalue weighted by Gasteiger charge is 2.30. The Morgan fingerprint density at radius 3 is 2.73 bits per heavy atom. The Kier molecular flexibility index (Phi) is 4.52. The molecule has 0 radical (unpaired) electrons. The van der Waals surface area contributed by atoms with Crippen molar-refractivity contribution in [2.45, 2.75) is 64.4 Å². The lowest BCUT2D eigenvalue weighted by molar-refractivity contribution is -0.132. The van der Waals surface area contributed by atoms with Gasteiger partial charge in [-0.1, -0.05) is 25.8 Å². The standard InChI is InChI=1S/C13H22O2/c1-3-13(2,15)12(14)11-9-7-5-4-6-8-10-11/h9,15H,3-8,10H2,1-2H3. The van der Waals surface area contributed by atoms with Crippen molar-refractivity contribution in [1.82, 2.24) is 0 Å². The summed E-state index contributed by atoms with van der Waals surface area (Å²) >= 11 is 0. The van der Waals surface area contributed by atoms with Gasteiger partial charge in [0.1, 0.15) is 5.60 Å². The Balaban J connectivity index is 2.72. The molecular weight excluding hydrogens is 188 g/mol. The zero-order chi connectivity index (χ0) is 11.3. The maximum absolute atomic E-state index is 12.0. The van der Waals surface area contributed by atoms with E-state index in [2.05, 4.69) is 0 Å². The van der Waals surface area contributed by atoms with Crippen LogP contribution in [0, 0.1) is 0 Å². The topological polar surface area (TPSA) is 37.3 Å². The molecule has 2 nitrogen and oxygen atoms in total. The smallest absolute Gasteiger partial charge is 0.189 e. The Bertz CT molecular complexity index is 251. The molecule has 0 aromatic carbocycles. The van der Waals surface area contributed by atoms with Crippen LogP contribution in [-0.4, -0.2) is 16.5 Å². The minimum absolute atomic E-state index is 0.0631. The second-order valence-electron chi connectivity index (χ2n) is 4.64. The molecule has 1 unspecified atom stereocenters. The fourth-order valence-corrected chi connectivity index (χ4v) is 1.90.